The van der Waals surface area contributed by atoms with Crippen LogP contribution in [-0.4, -0.2) is 47.9 Å². The van der Waals surface area contributed by atoms with Gasteiger partial charge in [-0.1, -0.05) is 49.6 Å². The topological polar surface area (TPSA) is 61.4 Å². The van der Waals surface area contributed by atoms with Gasteiger partial charge in [0, 0.05) is 30.7 Å². The molecule has 1 aliphatic heterocycles. The van der Waals surface area contributed by atoms with Gasteiger partial charge in [-0.2, -0.15) is 0 Å². The van der Waals surface area contributed by atoms with Crippen LogP contribution in [0.4, 0.5) is 0 Å². The van der Waals surface area contributed by atoms with Crippen molar-refractivity contribution in [3.8, 4) is 0 Å². The van der Waals surface area contributed by atoms with Gasteiger partial charge < -0.3 is 10.6 Å². The second-order valence-electron chi connectivity index (χ2n) is 9.61. The first-order chi connectivity index (χ1) is 15.0. The Labute approximate surface area is 185 Å². The Morgan fingerprint density at radius 2 is 1.77 bits per heavy atom. The Bertz CT molecular complexity index is 920. The quantitative estimate of drug-likeness (QED) is 0.738. The van der Waals surface area contributed by atoms with Gasteiger partial charge in [0.25, 0.3) is 5.91 Å². The van der Waals surface area contributed by atoms with E-state index in [1.165, 1.54) is 32.1 Å². The van der Waals surface area contributed by atoms with Crippen molar-refractivity contribution in [1.82, 2.24) is 15.5 Å². The molecule has 2 aromatic rings. The summed E-state index contributed by atoms with van der Waals surface area (Å²) in [6.07, 6.45) is 7.10. The van der Waals surface area contributed by atoms with Gasteiger partial charge in [-0.3, -0.25) is 14.5 Å². The number of carbonyl (C=O) groups is 2. The fraction of sp³-hybridized carbons (Fsp3) is 0.538. The maximum atomic E-state index is 13.0. The summed E-state index contributed by atoms with van der Waals surface area (Å²) in [5.41, 5.74) is 0.674. The molecule has 0 bridgehead atoms. The van der Waals surface area contributed by atoms with E-state index >= 15 is 0 Å². The molecule has 1 saturated heterocycles. The van der Waals surface area contributed by atoms with Crippen molar-refractivity contribution in [2.75, 3.05) is 13.1 Å². The van der Waals surface area contributed by atoms with E-state index in [9.17, 15) is 9.59 Å². The zero-order valence-corrected chi connectivity index (χ0v) is 18.8. The van der Waals surface area contributed by atoms with E-state index < -0.39 is 0 Å². The Hall–Kier alpha value is -2.40. The second kappa shape index (κ2) is 9.82. The van der Waals surface area contributed by atoms with Crippen molar-refractivity contribution in [2.24, 2.45) is 5.92 Å². The summed E-state index contributed by atoms with van der Waals surface area (Å²) in [5, 5.41) is 8.48. The van der Waals surface area contributed by atoms with Crippen LogP contribution < -0.4 is 10.6 Å². The molecule has 2 amide bonds. The highest BCUT2D eigenvalue weighted by molar-refractivity contribution is 5.98. The Kier molecular flexibility index (Phi) is 6.91. The lowest BCUT2D eigenvalue weighted by atomic mass is 9.89. The van der Waals surface area contributed by atoms with Crippen LogP contribution in [0.5, 0.6) is 0 Å². The molecular formula is C26H35N3O2. The molecule has 5 nitrogen and oxygen atoms in total. The summed E-state index contributed by atoms with van der Waals surface area (Å²) in [6, 6.07) is 13.8. The van der Waals surface area contributed by atoms with Crippen LogP contribution in [-0.2, 0) is 4.79 Å². The molecule has 1 heterocycles. The number of rotatable bonds is 6. The van der Waals surface area contributed by atoms with Gasteiger partial charge >= 0.3 is 0 Å². The van der Waals surface area contributed by atoms with Crippen LogP contribution in [0.2, 0.25) is 0 Å². The highest BCUT2D eigenvalue weighted by Gasteiger charge is 2.38. The Morgan fingerprint density at radius 3 is 2.52 bits per heavy atom. The number of benzene rings is 2. The standard InChI is InChI=1S/C26H35N3O2/c1-18(2)27-26(31)24-15-23(17-29(24)16-19-8-4-3-5-9-19)28-25(30)22-13-12-20-10-6-7-11-21(20)14-22/h6-7,10-14,18-19,23-24H,3-5,8-9,15-17H2,1-2H3,(H,27,31)(H,28,30). The largest absolute Gasteiger partial charge is 0.353 e. The van der Waals surface area contributed by atoms with E-state index in [-0.39, 0.29) is 29.9 Å². The molecule has 5 heteroatoms. The predicted molar refractivity (Wildman–Crippen MR) is 125 cm³/mol. The first-order valence-corrected chi connectivity index (χ1v) is 11.8. The molecule has 0 radical (unpaired) electrons. The molecule has 4 rings (SSSR count). The minimum Gasteiger partial charge on any atom is -0.353 e. The normalized spacial score (nSPS) is 22.7. The lowest BCUT2D eigenvalue weighted by Gasteiger charge is -2.30. The Morgan fingerprint density at radius 1 is 1.03 bits per heavy atom. The maximum absolute atomic E-state index is 13.0. The minimum absolute atomic E-state index is 0.00882. The van der Waals surface area contributed by atoms with Gasteiger partial charge in [0.1, 0.15) is 0 Å². The van der Waals surface area contributed by atoms with Crippen LogP contribution >= 0.6 is 0 Å². The van der Waals surface area contributed by atoms with Crippen LogP contribution in [0.15, 0.2) is 42.5 Å². The van der Waals surface area contributed by atoms with Crippen LogP contribution in [0.1, 0.15) is 62.7 Å². The summed E-state index contributed by atoms with van der Waals surface area (Å²) in [5.74, 6) is 0.699. The number of carbonyl (C=O) groups excluding carboxylic acids is 2. The molecule has 2 fully saturated rings. The van der Waals surface area contributed by atoms with Crippen molar-refractivity contribution >= 4 is 22.6 Å². The second-order valence-corrected chi connectivity index (χ2v) is 9.61. The Balaban J connectivity index is 1.44. The van der Waals surface area contributed by atoms with Crippen LogP contribution in [0.25, 0.3) is 10.8 Å². The molecule has 0 spiro atoms. The SMILES string of the molecule is CC(C)NC(=O)C1CC(NC(=O)c2ccc3ccccc3c2)CN1CC1CCCCC1. The van der Waals surface area contributed by atoms with Crippen molar-refractivity contribution in [3.05, 3.63) is 48.0 Å². The van der Waals surface area contributed by atoms with Gasteiger partial charge in [-0.25, -0.2) is 0 Å². The molecule has 2 unspecified atom stereocenters. The third-order valence-corrected chi connectivity index (χ3v) is 6.70. The maximum Gasteiger partial charge on any atom is 0.251 e. The molecule has 1 aliphatic carbocycles. The van der Waals surface area contributed by atoms with Crippen LogP contribution in [0, 0.1) is 5.92 Å². The fourth-order valence-corrected chi connectivity index (χ4v) is 5.16. The zero-order chi connectivity index (χ0) is 21.8. The van der Waals surface area contributed by atoms with Crippen molar-refractivity contribution in [3.63, 3.8) is 0 Å². The summed E-state index contributed by atoms with van der Waals surface area (Å²) >= 11 is 0. The van der Waals surface area contributed by atoms with E-state index in [1.807, 2.05) is 50.2 Å². The first kappa shape index (κ1) is 21.8. The van der Waals surface area contributed by atoms with Crippen LogP contribution in [0.3, 0.4) is 0 Å². The number of fused-ring (bicyclic) bond motifs is 1. The van der Waals surface area contributed by atoms with Crippen molar-refractivity contribution in [2.45, 2.75) is 70.5 Å². The number of nitrogens with zero attached hydrogens (tertiary/aromatic N) is 1. The molecule has 2 N–H and O–H groups in total. The van der Waals surface area contributed by atoms with Gasteiger partial charge in [-0.05, 0) is 61.9 Å². The average Bonchev–Trinajstić information content (AvgIpc) is 3.15. The van der Waals surface area contributed by atoms with Gasteiger partial charge in [-0.15, -0.1) is 0 Å². The molecular weight excluding hydrogens is 386 g/mol. The van der Waals surface area contributed by atoms with E-state index in [2.05, 4.69) is 21.6 Å². The summed E-state index contributed by atoms with van der Waals surface area (Å²) < 4.78 is 0. The number of hydrogen-bond donors (Lipinski definition) is 2. The molecule has 2 aromatic carbocycles. The fourth-order valence-electron chi connectivity index (χ4n) is 5.16. The molecule has 166 valence electrons. The lowest BCUT2D eigenvalue weighted by Crippen LogP contribution is -2.47. The number of hydrogen-bond acceptors (Lipinski definition) is 3. The van der Waals surface area contributed by atoms with Gasteiger partial charge in [0.2, 0.25) is 5.91 Å². The third-order valence-electron chi connectivity index (χ3n) is 6.70. The highest BCUT2D eigenvalue weighted by atomic mass is 16.2. The molecule has 2 aliphatic rings. The summed E-state index contributed by atoms with van der Waals surface area (Å²) in [4.78, 5) is 28.2. The predicted octanol–water partition coefficient (Wildman–Crippen LogP) is 4.12. The smallest absolute Gasteiger partial charge is 0.251 e. The minimum atomic E-state index is -0.161. The number of nitrogens with one attached hydrogen (secondary N) is 2. The van der Waals surface area contributed by atoms with E-state index in [0.29, 0.717) is 17.9 Å². The van der Waals surface area contributed by atoms with E-state index in [0.717, 1.165) is 23.9 Å². The first-order valence-electron chi connectivity index (χ1n) is 11.8. The number of likely N-dealkylation sites (tertiary alicyclic amines) is 1. The lowest BCUT2D eigenvalue weighted by molar-refractivity contribution is -0.126. The van der Waals surface area contributed by atoms with E-state index in [1.54, 1.807) is 0 Å². The van der Waals surface area contributed by atoms with Gasteiger partial charge in [0.05, 0.1) is 6.04 Å². The molecule has 1 saturated carbocycles. The molecule has 2 atom stereocenters. The third kappa shape index (κ3) is 5.45. The van der Waals surface area contributed by atoms with E-state index in [4.69, 9.17) is 0 Å². The monoisotopic (exact) mass is 421 g/mol. The summed E-state index contributed by atoms with van der Waals surface area (Å²) in [6.45, 7) is 5.69. The van der Waals surface area contributed by atoms with Crippen molar-refractivity contribution < 1.29 is 9.59 Å². The summed E-state index contributed by atoms with van der Waals surface area (Å²) in [7, 11) is 0. The molecule has 31 heavy (non-hydrogen) atoms. The molecule has 0 aromatic heterocycles. The highest BCUT2D eigenvalue weighted by Crippen LogP contribution is 2.28. The average molecular weight is 422 g/mol. The van der Waals surface area contributed by atoms with Crippen molar-refractivity contribution in [1.29, 1.82) is 0 Å². The zero-order valence-electron chi connectivity index (χ0n) is 18.8. The van der Waals surface area contributed by atoms with Gasteiger partial charge in [0.15, 0.2) is 0 Å². The number of amides is 2.